The van der Waals surface area contributed by atoms with Gasteiger partial charge in [0.05, 0.1) is 0 Å². The van der Waals surface area contributed by atoms with E-state index >= 15 is 0 Å². The van der Waals surface area contributed by atoms with Crippen molar-refractivity contribution in [3.63, 3.8) is 0 Å². The van der Waals surface area contributed by atoms with Crippen molar-refractivity contribution < 1.29 is 17.1 Å². The van der Waals surface area contributed by atoms with Crippen molar-refractivity contribution in [2.24, 2.45) is 0 Å². The summed E-state index contributed by atoms with van der Waals surface area (Å²) in [5, 5.41) is 0. The van der Waals surface area contributed by atoms with E-state index in [1.807, 2.05) is 0 Å². The molecule has 0 atom stereocenters. The van der Waals surface area contributed by atoms with Crippen LogP contribution in [0.15, 0.2) is 36.4 Å². The predicted molar refractivity (Wildman–Crippen MR) is 100 cm³/mol. The molecule has 2 aromatic carbocycles. The van der Waals surface area contributed by atoms with E-state index in [1.165, 1.54) is 29.5 Å². The molecule has 1 heteroatoms. The molecule has 23 heavy (non-hydrogen) atoms. The van der Waals surface area contributed by atoms with Gasteiger partial charge in [-0.05, 0) is 0 Å². The van der Waals surface area contributed by atoms with E-state index in [-0.39, 0.29) is 17.1 Å². The summed E-state index contributed by atoms with van der Waals surface area (Å²) in [5.74, 6) is 0. The van der Waals surface area contributed by atoms with Crippen LogP contribution in [-0.2, 0) is 40.7 Å². The third kappa shape index (κ3) is 6.32. The Morgan fingerprint density at radius 2 is 1.48 bits per heavy atom. The molecule has 0 saturated carbocycles. The number of hydrogen-bond donors (Lipinski definition) is 0. The van der Waals surface area contributed by atoms with Crippen LogP contribution < -0.4 is 0 Å². The van der Waals surface area contributed by atoms with Crippen molar-refractivity contribution in [2.75, 3.05) is 0 Å². The molecular formula is C22H34Fe-6. The summed E-state index contributed by atoms with van der Waals surface area (Å²) in [6.07, 6.45) is 2.34. The quantitative estimate of drug-likeness (QED) is 0.425. The van der Waals surface area contributed by atoms with E-state index in [0.717, 1.165) is 0 Å². The molecule has 0 aliphatic carbocycles. The average molecular weight is 354 g/mol. The smallest absolute Gasteiger partial charge is 0 e. The van der Waals surface area contributed by atoms with Crippen LogP contribution >= 0.6 is 0 Å². The maximum absolute atomic E-state index is 2.30. The molecule has 2 rings (SSSR count). The molecule has 0 saturated heterocycles. The molecule has 0 fully saturated rings. The van der Waals surface area contributed by atoms with Gasteiger partial charge in [-0.1, -0.05) is 73.6 Å². The minimum atomic E-state index is 0. The molecule has 0 nitrogen and oxygen atoms in total. The summed E-state index contributed by atoms with van der Waals surface area (Å²) in [5.41, 5.74) is 6.69. The predicted octanol–water partition coefficient (Wildman–Crippen LogP) is 6.53. The zero-order chi connectivity index (χ0) is 17.0. The van der Waals surface area contributed by atoms with Crippen molar-refractivity contribution in [3.8, 4) is 0 Å². The van der Waals surface area contributed by atoms with Crippen molar-refractivity contribution in [3.05, 3.63) is 58.7 Å². The molecule has 0 aliphatic rings. The van der Waals surface area contributed by atoms with Gasteiger partial charge in [0.25, 0.3) is 0 Å². The fourth-order valence-corrected chi connectivity index (χ4v) is 2.88. The second-order valence-electron chi connectivity index (χ2n) is 8.13. The first-order chi connectivity index (χ1) is 10.1. The van der Waals surface area contributed by atoms with E-state index in [4.69, 9.17) is 0 Å². The SMILES string of the molecule is CC(C)(C)[c-]1[cH-][cH-][cH-][cH-]1.CCc1c(C(C)(C)C)cc[c-]1CC.[Fe]. The minimum Gasteiger partial charge on any atom is -0.748 e. The number of rotatable bonds is 2. The zero-order valence-corrected chi connectivity index (χ0v) is 17.3. The van der Waals surface area contributed by atoms with Crippen LogP contribution in [0.2, 0.25) is 0 Å². The van der Waals surface area contributed by atoms with Crippen LogP contribution in [0.25, 0.3) is 0 Å². The first kappa shape index (κ1) is 22.2. The van der Waals surface area contributed by atoms with Crippen molar-refractivity contribution in [1.29, 1.82) is 0 Å². The summed E-state index contributed by atoms with van der Waals surface area (Å²) >= 11 is 0. The summed E-state index contributed by atoms with van der Waals surface area (Å²) in [6, 6.07) is 13.1. The van der Waals surface area contributed by atoms with Gasteiger partial charge in [-0.2, -0.15) is 22.8 Å². The second kappa shape index (κ2) is 8.90. The van der Waals surface area contributed by atoms with Gasteiger partial charge >= 0.3 is 0 Å². The Labute approximate surface area is 154 Å². The van der Waals surface area contributed by atoms with E-state index in [1.54, 1.807) is 5.56 Å². The summed E-state index contributed by atoms with van der Waals surface area (Å²) in [4.78, 5) is 0. The van der Waals surface area contributed by atoms with Gasteiger partial charge in [-0.3, -0.25) is 0 Å². The molecule has 0 heterocycles. The maximum Gasteiger partial charge on any atom is 0 e. The normalized spacial score (nSPS) is 11.5. The Balaban J connectivity index is 0.000000427. The number of aryl methyl sites for hydroxylation is 1. The third-order valence-corrected chi connectivity index (χ3v) is 4.24. The fourth-order valence-electron chi connectivity index (χ4n) is 2.88. The van der Waals surface area contributed by atoms with Crippen molar-refractivity contribution in [1.82, 2.24) is 0 Å². The van der Waals surface area contributed by atoms with Crippen LogP contribution in [0, 0.1) is 0 Å². The van der Waals surface area contributed by atoms with Crippen LogP contribution in [0.3, 0.4) is 0 Å². The largest absolute Gasteiger partial charge is 0.748 e. The third-order valence-electron chi connectivity index (χ3n) is 4.24. The van der Waals surface area contributed by atoms with Crippen LogP contribution in [-0.4, -0.2) is 0 Å². The molecule has 0 aliphatic heterocycles. The van der Waals surface area contributed by atoms with Crippen LogP contribution in [0.4, 0.5) is 0 Å². The molecule has 0 aromatic heterocycles. The summed E-state index contributed by atoms with van der Waals surface area (Å²) < 4.78 is 0. The van der Waals surface area contributed by atoms with Gasteiger partial charge in [0.1, 0.15) is 0 Å². The van der Waals surface area contributed by atoms with E-state index in [0.29, 0.717) is 10.8 Å². The van der Waals surface area contributed by atoms with Crippen molar-refractivity contribution >= 4 is 0 Å². The Hall–Kier alpha value is -0.781. The zero-order valence-electron chi connectivity index (χ0n) is 16.2. The Morgan fingerprint density at radius 1 is 0.957 bits per heavy atom. The van der Waals surface area contributed by atoms with Gasteiger partial charge in [0.2, 0.25) is 0 Å². The average Bonchev–Trinajstić information content (AvgIpc) is 3.06. The molecule has 0 amide bonds. The Morgan fingerprint density at radius 3 is 1.78 bits per heavy atom. The first-order valence-electron chi connectivity index (χ1n) is 8.61. The Bertz CT molecular complexity index is 542. The molecular weight excluding hydrogens is 320 g/mol. The molecule has 2 aromatic rings. The second-order valence-corrected chi connectivity index (χ2v) is 8.13. The van der Waals surface area contributed by atoms with Gasteiger partial charge in [-0.15, -0.1) is 0 Å². The number of hydrogen-bond acceptors (Lipinski definition) is 0. The summed E-state index contributed by atoms with van der Waals surface area (Å²) in [6.45, 7) is 18.0. The molecule has 0 radical (unpaired) electrons. The first-order valence-corrected chi connectivity index (χ1v) is 8.61. The van der Waals surface area contributed by atoms with E-state index in [9.17, 15) is 0 Å². The fraction of sp³-hybridized carbons (Fsp3) is 0.545. The van der Waals surface area contributed by atoms with E-state index in [2.05, 4.69) is 91.8 Å². The molecule has 0 N–H and O–H groups in total. The maximum atomic E-state index is 2.30. The monoisotopic (exact) mass is 354 g/mol. The van der Waals surface area contributed by atoms with E-state index < -0.39 is 0 Å². The van der Waals surface area contributed by atoms with Crippen molar-refractivity contribution in [2.45, 2.75) is 79.1 Å². The molecule has 0 bridgehead atoms. The molecule has 0 spiro atoms. The Kier molecular flexibility index (Phi) is 8.60. The summed E-state index contributed by atoms with van der Waals surface area (Å²) in [7, 11) is 0. The molecule has 0 unspecified atom stereocenters. The standard InChI is InChI=1S/C13H21.C9H13.Fe/c1-6-10-8-9-12(11(10)7-2)13(3,4)5;1-9(2,3)8-6-4-5-7-8;/h8-9H,6-7H2,1-5H3;4-7H,1-3H3;/q-1;-5;. The van der Waals surface area contributed by atoms with Crippen LogP contribution in [0.1, 0.15) is 77.6 Å². The van der Waals surface area contributed by atoms with Crippen LogP contribution in [0.5, 0.6) is 0 Å². The van der Waals surface area contributed by atoms with Gasteiger partial charge in [0, 0.05) is 17.1 Å². The van der Waals surface area contributed by atoms with Gasteiger partial charge < -0.3 is 29.8 Å². The van der Waals surface area contributed by atoms with Gasteiger partial charge in [0.15, 0.2) is 0 Å². The topological polar surface area (TPSA) is 0 Å². The van der Waals surface area contributed by atoms with Gasteiger partial charge in [-0.25, -0.2) is 11.5 Å². The minimum absolute atomic E-state index is 0. The molecule has 136 valence electrons.